The molecule has 57 heavy (non-hydrogen) atoms. The number of aromatic nitrogens is 1. The molecule has 0 N–H and O–H groups in total. The Hall–Kier alpha value is -6.09. The van der Waals surface area contributed by atoms with E-state index in [2.05, 4.69) is 42.5 Å². The average molecular weight is 767 g/mol. The van der Waals surface area contributed by atoms with Gasteiger partial charge >= 0.3 is 6.18 Å². The van der Waals surface area contributed by atoms with Crippen LogP contribution in [0.4, 0.5) is 18.9 Å². The monoisotopic (exact) mass is 766 g/mol. The van der Waals surface area contributed by atoms with E-state index in [-0.39, 0.29) is 18.1 Å². The van der Waals surface area contributed by atoms with E-state index in [9.17, 15) is 18.0 Å². The van der Waals surface area contributed by atoms with Crippen LogP contribution in [0.1, 0.15) is 62.8 Å². The summed E-state index contributed by atoms with van der Waals surface area (Å²) in [6, 6.07) is 33.0. The molecule has 7 aromatic rings. The van der Waals surface area contributed by atoms with Gasteiger partial charge in [0.05, 0.1) is 36.9 Å². The first-order chi connectivity index (χ1) is 27.6. The second-order valence-corrected chi connectivity index (χ2v) is 15.1. The number of hydrogen-bond acceptors (Lipinski definition) is 5. The summed E-state index contributed by atoms with van der Waals surface area (Å²) in [4.78, 5) is 21.2. The van der Waals surface area contributed by atoms with Gasteiger partial charge in [-0.3, -0.25) is 14.7 Å². The van der Waals surface area contributed by atoms with Crippen LogP contribution >= 0.6 is 0 Å². The van der Waals surface area contributed by atoms with Crippen LogP contribution in [0.3, 0.4) is 0 Å². The number of ether oxygens (including phenoxy) is 3. The zero-order valence-electron chi connectivity index (χ0n) is 32.0. The summed E-state index contributed by atoms with van der Waals surface area (Å²) in [5.74, 6) is 1.81. The van der Waals surface area contributed by atoms with Gasteiger partial charge in [-0.25, -0.2) is 0 Å². The van der Waals surface area contributed by atoms with Crippen molar-refractivity contribution in [3.05, 3.63) is 148 Å². The average Bonchev–Trinajstić information content (AvgIpc) is 3.23. The SMILES string of the molecule is COc1cccc2c1c(OC)cc1c3c(ccc12)CC(c1cc2ccccc2c(CCC2COc4ccc(C)cc4N2C(=O)c2cccc(C(F)(F)F)c2)n1)CC3. The lowest BCUT2D eigenvalue weighted by molar-refractivity contribution is -0.137. The number of pyridine rings is 1. The van der Waals surface area contributed by atoms with Gasteiger partial charge in [-0.1, -0.05) is 60.7 Å². The summed E-state index contributed by atoms with van der Waals surface area (Å²) in [7, 11) is 3.39. The molecular weight excluding hydrogens is 726 g/mol. The maximum Gasteiger partial charge on any atom is 0.416 e. The number of amides is 1. The Labute approximate surface area is 328 Å². The Bertz CT molecular complexity index is 2710. The van der Waals surface area contributed by atoms with E-state index in [0.717, 1.165) is 81.4 Å². The van der Waals surface area contributed by atoms with Crippen molar-refractivity contribution in [2.75, 3.05) is 25.7 Å². The molecule has 1 amide bonds. The molecule has 1 aliphatic carbocycles. The number of benzene rings is 6. The minimum absolute atomic E-state index is 0.0218. The molecule has 6 aromatic carbocycles. The highest BCUT2D eigenvalue weighted by Gasteiger charge is 2.36. The van der Waals surface area contributed by atoms with Gasteiger partial charge in [0, 0.05) is 28.3 Å². The van der Waals surface area contributed by atoms with Crippen LogP contribution in [0.2, 0.25) is 0 Å². The minimum Gasteiger partial charge on any atom is -0.496 e. The summed E-state index contributed by atoms with van der Waals surface area (Å²) in [5, 5.41) is 6.60. The van der Waals surface area contributed by atoms with Crippen LogP contribution in [0, 0.1) is 6.92 Å². The summed E-state index contributed by atoms with van der Waals surface area (Å²) in [5.41, 5.74) is 5.19. The van der Waals surface area contributed by atoms with Crippen molar-refractivity contribution in [2.24, 2.45) is 0 Å². The van der Waals surface area contributed by atoms with Gasteiger partial charge in [-0.05, 0) is 126 Å². The summed E-state index contributed by atoms with van der Waals surface area (Å²) in [6.07, 6.45) is -0.858. The molecule has 0 saturated carbocycles. The lowest BCUT2D eigenvalue weighted by Gasteiger charge is -2.37. The molecule has 0 radical (unpaired) electrons. The van der Waals surface area contributed by atoms with E-state index in [4.69, 9.17) is 19.2 Å². The quantitative estimate of drug-likeness (QED) is 0.151. The normalized spacial score (nSPS) is 16.6. The zero-order chi connectivity index (χ0) is 39.4. The highest BCUT2D eigenvalue weighted by atomic mass is 19.4. The summed E-state index contributed by atoms with van der Waals surface area (Å²) < 4.78 is 59.0. The second-order valence-electron chi connectivity index (χ2n) is 15.1. The molecule has 0 saturated heterocycles. The van der Waals surface area contributed by atoms with E-state index in [0.29, 0.717) is 24.3 Å². The maximum atomic E-state index is 14.2. The standard InChI is InChI=1S/C48H41F3N2O4/c1-28-14-21-43-42(22-28)53(47(54)32-9-6-10-33(24-32)48(49,50)51)34(27-57-43)17-20-40-36-11-5-4-8-29(36)25-41(52-40)31-16-18-35-30(23-31)15-19-37-38-12-7-13-44(55-2)46(38)45(56-3)26-39(35)37/h4-15,19,21-22,24-26,31,34H,16-18,20,23,27H2,1-3H3. The molecule has 0 fully saturated rings. The molecule has 0 bridgehead atoms. The van der Waals surface area contributed by atoms with Crippen molar-refractivity contribution in [3.8, 4) is 17.2 Å². The van der Waals surface area contributed by atoms with E-state index in [1.165, 1.54) is 34.0 Å². The molecule has 1 aliphatic heterocycles. The van der Waals surface area contributed by atoms with Crippen molar-refractivity contribution in [3.63, 3.8) is 0 Å². The van der Waals surface area contributed by atoms with Crippen molar-refractivity contribution >= 4 is 43.9 Å². The number of aryl methyl sites for hydroxylation is 3. The number of hydrogen-bond donors (Lipinski definition) is 0. The second kappa shape index (κ2) is 14.4. The van der Waals surface area contributed by atoms with Crippen LogP contribution in [0.5, 0.6) is 17.2 Å². The van der Waals surface area contributed by atoms with Crippen molar-refractivity contribution in [1.29, 1.82) is 0 Å². The first-order valence-corrected chi connectivity index (χ1v) is 19.3. The Kier molecular flexibility index (Phi) is 9.26. The first-order valence-electron chi connectivity index (χ1n) is 19.3. The Balaban J connectivity index is 1.04. The van der Waals surface area contributed by atoms with Gasteiger partial charge in [0.25, 0.3) is 5.91 Å². The van der Waals surface area contributed by atoms with Crippen LogP contribution in [-0.4, -0.2) is 37.8 Å². The third-order valence-corrected chi connectivity index (χ3v) is 11.7. The molecule has 9 heteroatoms. The Morgan fingerprint density at radius 3 is 2.47 bits per heavy atom. The number of carbonyl (C=O) groups excluding carboxylic acids is 1. The number of carbonyl (C=O) groups is 1. The topological polar surface area (TPSA) is 60.9 Å². The number of nitrogens with zero attached hydrogens (tertiary/aromatic N) is 2. The smallest absolute Gasteiger partial charge is 0.416 e. The van der Waals surface area contributed by atoms with Gasteiger partial charge < -0.3 is 14.2 Å². The van der Waals surface area contributed by atoms with Crippen molar-refractivity contribution in [2.45, 2.75) is 57.2 Å². The van der Waals surface area contributed by atoms with Crippen LogP contribution in [0.15, 0.2) is 109 Å². The lowest BCUT2D eigenvalue weighted by Crippen LogP contribution is -2.47. The zero-order valence-corrected chi connectivity index (χ0v) is 32.0. The first kappa shape index (κ1) is 36.5. The number of alkyl halides is 3. The molecule has 2 atom stereocenters. The van der Waals surface area contributed by atoms with Crippen molar-refractivity contribution < 1.29 is 32.2 Å². The van der Waals surface area contributed by atoms with E-state index in [1.807, 2.05) is 49.4 Å². The Morgan fingerprint density at radius 2 is 1.65 bits per heavy atom. The van der Waals surface area contributed by atoms with Crippen LogP contribution < -0.4 is 19.1 Å². The van der Waals surface area contributed by atoms with Gasteiger partial charge in [0.2, 0.25) is 0 Å². The fourth-order valence-electron chi connectivity index (χ4n) is 8.93. The van der Waals surface area contributed by atoms with E-state index < -0.39 is 23.7 Å². The lowest BCUT2D eigenvalue weighted by atomic mass is 9.79. The largest absolute Gasteiger partial charge is 0.496 e. The molecule has 0 spiro atoms. The van der Waals surface area contributed by atoms with Gasteiger partial charge in [0.15, 0.2) is 0 Å². The summed E-state index contributed by atoms with van der Waals surface area (Å²) >= 11 is 0. The van der Waals surface area contributed by atoms with Gasteiger partial charge in [0.1, 0.15) is 23.9 Å². The van der Waals surface area contributed by atoms with Crippen molar-refractivity contribution in [1.82, 2.24) is 4.98 Å². The fraction of sp³-hybridized carbons (Fsp3) is 0.250. The maximum absolute atomic E-state index is 14.2. The molecule has 6 nitrogen and oxygen atoms in total. The third-order valence-electron chi connectivity index (χ3n) is 11.7. The molecule has 2 unspecified atom stereocenters. The van der Waals surface area contributed by atoms with E-state index >= 15 is 0 Å². The van der Waals surface area contributed by atoms with Crippen LogP contribution in [-0.2, 0) is 25.4 Å². The molecule has 2 heterocycles. The minimum atomic E-state index is -4.57. The number of methoxy groups -OCH3 is 2. The van der Waals surface area contributed by atoms with Gasteiger partial charge in [-0.2, -0.15) is 13.2 Å². The number of rotatable bonds is 7. The summed E-state index contributed by atoms with van der Waals surface area (Å²) in [6.45, 7) is 2.12. The Morgan fingerprint density at radius 1 is 0.842 bits per heavy atom. The molecule has 288 valence electrons. The number of halogens is 3. The highest BCUT2D eigenvalue weighted by Crippen LogP contribution is 2.44. The van der Waals surface area contributed by atoms with Crippen LogP contribution in [0.25, 0.3) is 32.3 Å². The molecular formula is C48H41F3N2O4. The third kappa shape index (κ3) is 6.58. The number of fused-ring (bicyclic) bond motifs is 7. The highest BCUT2D eigenvalue weighted by molar-refractivity contribution is 6.13. The number of anilines is 1. The molecule has 2 aliphatic rings. The fourth-order valence-corrected chi connectivity index (χ4v) is 8.93. The molecule has 1 aromatic heterocycles. The van der Waals surface area contributed by atoms with Gasteiger partial charge in [-0.15, -0.1) is 0 Å². The van der Waals surface area contributed by atoms with E-state index in [1.54, 1.807) is 19.1 Å². The predicted molar refractivity (Wildman–Crippen MR) is 218 cm³/mol. The predicted octanol–water partition coefficient (Wildman–Crippen LogP) is 11.2. The molecule has 9 rings (SSSR count).